The third-order valence-electron chi connectivity index (χ3n) is 2.73. The summed E-state index contributed by atoms with van der Waals surface area (Å²) in [5.41, 5.74) is 7.15. The summed E-state index contributed by atoms with van der Waals surface area (Å²) in [4.78, 5) is 3.87. The summed E-state index contributed by atoms with van der Waals surface area (Å²) in [5.74, 6) is 1.79. The molecule has 3 rings (SSSR count). The van der Waals surface area contributed by atoms with Crippen molar-refractivity contribution in [2.24, 2.45) is 5.73 Å². The van der Waals surface area contributed by atoms with Gasteiger partial charge in [-0.05, 0) is 6.07 Å². The second-order valence-electron chi connectivity index (χ2n) is 3.62. The van der Waals surface area contributed by atoms with E-state index in [2.05, 4.69) is 14.9 Å². The second kappa shape index (κ2) is 3.13. The summed E-state index contributed by atoms with van der Waals surface area (Å²) in [6.45, 7) is 1.96. The molecule has 3 N–H and O–H groups in total. The Kier molecular flexibility index (Phi) is 1.78. The number of hydrogen-bond acceptors (Lipinski definition) is 4. The lowest BCUT2D eigenvalue weighted by Crippen LogP contribution is -2.12. The van der Waals surface area contributed by atoms with Gasteiger partial charge in [-0.15, -0.1) is 0 Å². The minimum Gasteiger partial charge on any atom is -0.446 e. The number of aromatic nitrogens is 2. The van der Waals surface area contributed by atoms with Crippen molar-refractivity contribution in [1.29, 1.82) is 0 Å². The molecule has 5 heteroatoms. The summed E-state index contributed by atoms with van der Waals surface area (Å²) in [6.07, 6.45) is 5.10. The van der Waals surface area contributed by atoms with Crippen molar-refractivity contribution in [3.05, 3.63) is 36.2 Å². The molecule has 0 aromatic carbocycles. The van der Waals surface area contributed by atoms with Crippen LogP contribution in [0.1, 0.15) is 17.4 Å². The van der Waals surface area contributed by atoms with Gasteiger partial charge in [0.15, 0.2) is 6.39 Å². The normalized spacial score (nSPS) is 16.1. The first kappa shape index (κ1) is 8.55. The maximum absolute atomic E-state index is 6.09. The fourth-order valence-corrected chi connectivity index (χ4v) is 1.96. The molecule has 2 aromatic heterocycles. The van der Waals surface area contributed by atoms with Crippen LogP contribution in [0.15, 0.2) is 29.3 Å². The lowest BCUT2D eigenvalue weighted by molar-refractivity contribution is 0.485. The molecule has 2 aromatic rings. The Morgan fingerprint density at radius 2 is 2.53 bits per heavy atom. The van der Waals surface area contributed by atoms with E-state index < -0.39 is 0 Å². The van der Waals surface area contributed by atoms with Crippen molar-refractivity contribution < 1.29 is 4.42 Å². The Bertz CT molecular complexity index is 460. The molecule has 3 heterocycles. The molecule has 0 fully saturated rings. The Morgan fingerprint density at radius 1 is 1.60 bits per heavy atom. The van der Waals surface area contributed by atoms with Crippen molar-refractivity contribution in [2.75, 3.05) is 11.9 Å². The average molecular weight is 204 g/mol. The Balaban J connectivity index is 1.99. The van der Waals surface area contributed by atoms with E-state index in [4.69, 9.17) is 10.2 Å². The minimum absolute atomic E-state index is 0.241. The molecule has 0 spiro atoms. The maximum Gasteiger partial charge on any atom is 0.180 e. The van der Waals surface area contributed by atoms with Gasteiger partial charge in [0, 0.05) is 24.8 Å². The first-order chi connectivity index (χ1) is 7.36. The van der Waals surface area contributed by atoms with Crippen LogP contribution in [0.25, 0.3) is 0 Å². The molecule has 0 bridgehead atoms. The van der Waals surface area contributed by atoms with Gasteiger partial charge in [-0.3, -0.25) is 0 Å². The van der Waals surface area contributed by atoms with Crippen LogP contribution < -0.4 is 11.1 Å². The van der Waals surface area contributed by atoms with Crippen molar-refractivity contribution in [2.45, 2.75) is 12.6 Å². The van der Waals surface area contributed by atoms with Gasteiger partial charge in [0.05, 0.1) is 12.2 Å². The zero-order valence-corrected chi connectivity index (χ0v) is 8.18. The molecule has 5 nitrogen and oxygen atoms in total. The summed E-state index contributed by atoms with van der Waals surface area (Å²) in [6, 6.07) is 1.78. The van der Waals surface area contributed by atoms with Crippen molar-refractivity contribution >= 4 is 5.82 Å². The fraction of sp³-hybridized carbons (Fsp3) is 0.300. The van der Waals surface area contributed by atoms with E-state index in [0.29, 0.717) is 5.76 Å². The molecule has 15 heavy (non-hydrogen) atoms. The highest BCUT2D eigenvalue weighted by molar-refractivity contribution is 5.52. The SMILES string of the molecule is NC(c1cnco1)c1ccn2c1NCC2. The largest absolute Gasteiger partial charge is 0.446 e. The molecule has 0 saturated carbocycles. The molecular formula is C10H12N4O. The second-order valence-corrected chi connectivity index (χ2v) is 3.62. The van der Waals surface area contributed by atoms with Gasteiger partial charge < -0.3 is 20.0 Å². The standard InChI is InChI=1S/C10H12N4O/c11-9(8-5-12-6-15-8)7-1-3-14-4-2-13-10(7)14/h1,3,5-6,9,13H,2,4,11H2. The van der Waals surface area contributed by atoms with Crippen molar-refractivity contribution in [1.82, 2.24) is 9.55 Å². The van der Waals surface area contributed by atoms with Gasteiger partial charge in [-0.1, -0.05) is 0 Å². The highest BCUT2D eigenvalue weighted by Crippen LogP contribution is 2.29. The van der Waals surface area contributed by atoms with Crippen LogP contribution >= 0.6 is 0 Å². The van der Waals surface area contributed by atoms with Crippen LogP contribution in [0, 0.1) is 0 Å². The number of oxazole rings is 1. The van der Waals surface area contributed by atoms with Crippen LogP contribution in [0.3, 0.4) is 0 Å². The number of hydrogen-bond donors (Lipinski definition) is 2. The van der Waals surface area contributed by atoms with Crippen LogP contribution in [-0.2, 0) is 6.54 Å². The number of nitrogens with one attached hydrogen (secondary N) is 1. The molecule has 1 unspecified atom stereocenters. The van der Waals surface area contributed by atoms with E-state index in [0.717, 1.165) is 24.5 Å². The molecule has 0 amide bonds. The van der Waals surface area contributed by atoms with Gasteiger partial charge in [-0.2, -0.15) is 0 Å². The Hall–Kier alpha value is -1.75. The Labute approximate surface area is 86.9 Å². The van der Waals surface area contributed by atoms with E-state index in [1.165, 1.54) is 6.39 Å². The number of rotatable bonds is 2. The maximum atomic E-state index is 6.09. The highest BCUT2D eigenvalue weighted by Gasteiger charge is 2.21. The zero-order valence-electron chi connectivity index (χ0n) is 8.18. The first-order valence-electron chi connectivity index (χ1n) is 4.93. The monoisotopic (exact) mass is 204 g/mol. The van der Waals surface area contributed by atoms with E-state index in [1.54, 1.807) is 6.20 Å². The smallest absolute Gasteiger partial charge is 0.180 e. The lowest BCUT2D eigenvalue weighted by Gasteiger charge is -2.08. The summed E-state index contributed by atoms with van der Waals surface area (Å²) < 4.78 is 7.36. The van der Waals surface area contributed by atoms with E-state index in [1.807, 2.05) is 12.3 Å². The summed E-state index contributed by atoms with van der Waals surface area (Å²) in [5, 5.41) is 3.31. The zero-order chi connectivity index (χ0) is 10.3. The number of nitrogens with two attached hydrogens (primary N) is 1. The number of nitrogens with zero attached hydrogens (tertiary/aromatic N) is 2. The molecule has 1 atom stereocenters. The predicted molar refractivity (Wildman–Crippen MR) is 55.5 cm³/mol. The van der Waals surface area contributed by atoms with E-state index in [-0.39, 0.29) is 6.04 Å². The molecule has 1 aliphatic heterocycles. The Morgan fingerprint density at radius 3 is 3.33 bits per heavy atom. The van der Waals surface area contributed by atoms with Crippen LogP contribution in [0.4, 0.5) is 5.82 Å². The van der Waals surface area contributed by atoms with E-state index in [9.17, 15) is 0 Å². The molecule has 78 valence electrons. The minimum atomic E-state index is -0.241. The lowest BCUT2D eigenvalue weighted by atomic mass is 10.1. The van der Waals surface area contributed by atoms with Gasteiger partial charge in [0.25, 0.3) is 0 Å². The van der Waals surface area contributed by atoms with Gasteiger partial charge >= 0.3 is 0 Å². The topological polar surface area (TPSA) is 69.0 Å². The first-order valence-corrected chi connectivity index (χ1v) is 4.93. The molecule has 1 aliphatic rings. The summed E-state index contributed by atoms with van der Waals surface area (Å²) >= 11 is 0. The van der Waals surface area contributed by atoms with Crippen LogP contribution in [0.2, 0.25) is 0 Å². The third-order valence-corrected chi connectivity index (χ3v) is 2.73. The molecular weight excluding hydrogens is 192 g/mol. The fourth-order valence-electron chi connectivity index (χ4n) is 1.96. The molecule has 0 aliphatic carbocycles. The van der Waals surface area contributed by atoms with Gasteiger partial charge in [0.1, 0.15) is 11.6 Å². The molecule has 0 radical (unpaired) electrons. The number of fused-ring (bicyclic) bond motifs is 1. The van der Waals surface area contributed by atoms with Crippen LogP contribution in [0.5, 0.6) is 0 Å². The van der Waals surface area contributed by atoms with E-state index >= 15 is 0 Å². The quantitative estimate of drug-likeness (QED) is 0.764. The third kappa shape index (κ3) is 1.24. The van der Waals surface area contributed by atoms with Crippen molar-refractivity contribution in [3.63, 3.8) is 0 Å². The van der Waals surface area contributed by atoms with Crippen LogP contribution in [-0.4, -0.2) is 16.1 Å². The highest BCUT2D eigenvalue weighted by atomic mass is 16.3. The van der Waals surface area contributed by atoms with Gasteiger partial charge in [0.2, 0.25) is 0 Å². The summed E-state index contributed by atoms with van der Waals surface area (Å²) in [7, 11) is 0. The number of anilines is 1. The van der Waals surface area contributed by atoms with Crippen molar-refractivity contribution in [3.8, 4) is 0 Å². The predicted octanol–water partition coefficient (Wildman–Crippen LogP) is 0.950. The molecule has 0 saturated heterocycles. The van der Waals surface area contributed by atoms with Gasteiger partial charge in [-0.25, -0.2) is 4.98 Å². The average Bonchev–Trinajstić information content (AvgIpc) is 2.94.